The lowest BCUT2D eigenvalue weighted by Crippen LogP contribution is -2.42. The molecular formula is C36H26. The Morgan fingerprint density at radius 2 is 0.694 bits per heavy atom. The maximum Gasteiger partial charge on any atom is -0.000567 e. The Hall–Kier alpha value is -4.16. The third-order valence-electron chi connectivity index (χ3n) is 8.79. The molecule has 2 aliphatic carbocycles. The highest BCUT2D eigenvalue weighted by atomic mass is 14.6. The second-order valence-corrected chi connectivity index (χ2v) is 10.5. The Balaban J connectivity index is 1.37. The van der Waals surface area contributed by atoms with Crippen LogP contribution in [0.5, 0.6) is 0 Å². The maximum absolute atomic E-state index is 2.45. The molecule has 0 bridgehead atoms. The lowest BCUT2D eigenvalue weighted by atomic mass is 9.46. The van der Waals surface area contributed by atoms with Crippen molar-refractivity contribution < 1.29 is 0 Å². The lowest BCUT2D eigenvalue weighted by molar-refractivity contribution is 0.227. The van der Waals surface area contributed by atoms with Crippen molar-refractivity contribution in [1.82, 2.24) is 0 Å². The van der Waals surface area contributed by atoms with Crippen molar-refractivity contribution in [3.05, 3.63) is 156 Å². The van der Waals surface area contributed by atoms with Crippen LogP contribution in [0.4, 0.5) is 0 Å². The fraction of sp³-hybridized carbons (Fsp3) is 0.111. The third kappa shape index (κ3) is 2.82. The first kappa shape index (κ1) is 20.1. The monoisotopic (exact) mass is 458 g/mol. The van der Waals surface area contributed by atoms with Crippen LogP contribution in [0.3, 0.4) is 0 Å². The summed E-state index contributed by atoms with van der Waals surface area (Å²) in [7, 11) is 0. The highest BCUT2D eigenvalue weighted by molar-refractivity contribution is 5.85. The van der Waals surface area contributed by atoms with E-state index in [1.807, 2.05) is 0 Å². The molecule has 0 amide bonds. The summed E-state index contributed by atoms with van der Waals surface area (Å²) in [6.45, 7) is 0. The molecular weight excluding hydrogens is 432 g/mol. The van der Waals surface area contributed by atoms with Gasteiger partial charge in [0.25, 0.3) is 0 Å². The number of rotatable bonds is 2. The number of benzene rings is 6. The summed E-state index contributed by atoms with van der Waals surface area (Å²) < 4.78 is 0. The van der Waals surface area contributed by atoms with Crippen molar-refractivity contribution in [2.45, 2.75) is 23.7 Å². The number of hydrogen-bond acceptors (Lipinski definition) is 0. The van der Waals surface area contributed by atoms with Gasteiger partial charge in [0.1, 0.15) is 0 Å². The van der Waals surface area contributed by atoms with Crippen molar-refractivity contribution in [1.29, 1.82) is 0 Å². The minimum absolute atomic E-state index is 0.440. The van der Waals surface area contributed by atoms with Gasteiger partial charge >= 0.3 is 0 Å². The molecule has 0 spiro atoms. The first-order chi connectivity index (χ1) is 17.9. The molecule has 1 fully saturated rings. The van der Waals surface area contributed by atoms with E-state index >= 15 is 0 Å². The zero-order valence-electron chi connectivity index (χ0n) is 20.0. The molecule has 6 aromatic rings. The van der Waals surface area contributed by atoms with Crippen molar-refractivity contribution >= 4 is 21.5 Å². The minimum atomic E-state index is 0.440. The van der Waals surface area contributed by atoms with Gasteiger partial charge in [-0.1, -0.05) is 133 Å². The van der Waals surface area contributed by atoms with Gasteiger partial charge in [-0.05, 0) is 78.6 Å². The normalized spacial score (nSPS) is 21.9. The van der Waals surface area contributed by atoms with E-state index in [0.29, 0.717) is 23.7 Å². The molecule has 0 heteroatoms. The van der Waals surface area contributed by atoms with E-state index < -0.39 is 0 Å². The van der Waals surface area contributed by atoms with Crippen molar-refractivity contribution in [2.24, 2.45) is 0 Å². The molecule has 170 valence electrons. The summed E-state index contributed by atoms with van der Waals surface area (Å²) in [5.74, 6) is 1.84. The van der Waals surface area contributed by atoms with Crippen LogP contribution in [-0.2, 0) is 0 Å². The van der Waals surface area contributed by atoms with E-state index in [1.165, 1.54) is 54.9 Å². The van der Waals surface area contributed by atoms with Crippen LogP contribution in [0.2, 0.25) is 0 Å². The Kier molecular flexibility index (Phi) is 4.28. The van der Waals surface area contributed by atoms with Gasteiger partial charge in [-0.15, -0.1) is 0 Å². The Morgan fingerprint density at radius 1 is 0.306 bits per heavy atom. The van der Waals surface area contributed by atoms with Gasteiger partial charge in [0, 0.05) is 0 Å². The van der Waals surface area contributed by atoms with Gasteiger partial charge in [-0.2, -0.15) is 0 Å². The first-order valence-corrected chi connectivity index (χ1v) is 13.0. The topological polar surface area (TPSA) is 0 Å². The molecule has 2 aliphatic rings. The van der Waals surface area contributed by atoms with Crippen LogP contribution in [0, 0.1) is 0 Å². The van der Waals surface area contributed by atoms with E-state index in [0.717, 1.165) is 0 Å². The summed E-state index contributed by atoms with van der Waals surface area (Å²) in [6.07, 6.45) is 0. The van der Waals surface area contributed by atoms with E-state index in [4.69, 9.17) is 0 Å². The summed E-state index contributed by atoms with van der Waals surface area (Å²) in [4.78, 5) is 0. The van der Waals surface area contributed by atoms with E-state index in [2.05, 4.69) is 133 Å². The molecule has 0 heterocycles. The molecule has 0 aliphatic heterocycles. The van der Waals surface area contributed by atoms with Crippen LogP contribution in [0.15, 0.2) is 133 Å². The first-order valence-electron chi connectivity index (χ1n) is 13.0. The Labute approximate surface area is 211 Å². The fourth-order valence-corrected chi connectivity index (χ4v) is 7.25. The van der Waals surface area contributed by atoms with Crippen molar-refractivity contribution in [3.8, 4) is 11.1 Å². The molecule has 1 saturated carbocycles. The van der Waals surface area contributed by atoms with Gasteiger partial charge < -0.3 is 0 Å². The highest BCUT2D eigenvalue weighted by Gasteiger charge is 2.55. The van der Waals surface area contributed by atoms with E-state index in [-0.39, 0.29) is 0 Å². The van der Waals surface area contributed by atoms with Crippen LogP contribution < -0.4 is 0 Å². The molecule has 0 N–H and O–H groups in total. The van der Waals surface area contributed by atoms with E-state index in [1.54, 1.807) is 0 Å². The van der Waals surface area contributed by atoms with Gasteiger partial charge in [-0.3, -0.25) is 0 Å². The van der Waals surface area contributed by atoms with Gasteiger partial charge in [0.2, 0.25) is 0 Å². The molecule has 0 unspecified atom stereocenters. The van der Waals surface area contributed by atoms with Crippen molar-refractivity contribution in [3.63, 3.8) is 0 Å². The summed E-state index contributed by atoms with van der Waals surface area (Å²) in [5.41, 5.74) is 8.77. The quantitative estimate of drug-likeness (QED) is 0.242. The summed E-state index contributed by atoms with van der Waals surface area (Å²) in [5, 5.41) is 5.29. The Morgan fingerprint density at radius 3 is 1.17 bits per heavy atom. The minimum Gasteiger partial charge on any atom is -0.0619 e. The second kappa shape index (κ2) is 7.67. The largest absolute Gasteiger partial charge is 0.0619 e. The van der Waals surface area contributed by atoms with Crippen LogP contribution in [-0.4, -0.2) is 0 Å². The van der Waals surface area contributed by atoms with Crippen molar-refractivity contribution in [2.75, 3.05) is 0 Å². The van der Waals surface area contributed by atoms with Crippen LogP contribution in [0.25, 0.3) is 32.7 Å². The third-order valence-corrected chi connectivity index (χ3v) is 8.79. The zero-order valence-corrected chi connectivity index (χ0v) is 20.0. The average Bonchev–Trinajstić information content (AvgIpc) is 2.93. The lowest BCUT2D eigenvalue weighted by Gasteiger charge is -2.56. The average molecular weight is 459 g/mol. The standard InChI is InChI=1S/C36H26/c1-3-11-25-21-27(19-17-23(25)9-1)33-34(28-20-18-24-10-2-4-12-26(24)22-28)36-32-16-8-6-14-30(32)29-13-5-7-15-31(29)35(33)36/h1-22,33-36H/t33-,34-,35-,36-/m1/s1. The molecule has 8 rings (SSSR count). The molecule has 0 saturated heterocycles. The second-order valence-electron chi connectivity index (χ2n) is 10.5. The fourth-order valence-electron chi connectivity index (χ4n) is 7.25. The molecule has 0 nitrogen and oxygen atoms in total. The molecule has 0 aromatic heterocycles. The predicted octanol–water partition coefficient (Wildman–Crippen LogP) is 9.42. The van der Waals surface area contributed by atoms with Crippen LogP contribution in [0.1, 0.15) is 45.9 Å². The maximum atomic E-state index is 2.45. The number of fused-ring (bicyclic) bond motifs is 8. The zero-order chi connectivity index (χ0) is 23.6. The smallest absolute Gasteiger partial charge is 0.000567 e. The predicted molar refractivity (Wildman–Crippen MR) is 151 cm³/mol. The summed E-state index contributed by atoms with van der Waals surface area (Å²) >= 11 is 0. The Bertz CT molecular complexity index is 1640. The number of hydrogen-bond donors (Lipinski definition) is 0. The molecule has 6 aromatic carbocycles. The molecule has 36 heavy (non-hydrogen) atoms. The molecule has 0 radical (unpaired) electrons. The van der Waals surface area contributed by atoms with Crippen LogP contribution >= 0.6 is 0 Å². The van der Waals surface area contributed by atoms with Gasteiger partial charge in [0.05, 0.1) is 0 Å². The molecule has 4 atom stereocenters. The summed E-state index contributed by atoms with van der Waals surface area (Å²) in [6, 6.07) is 50.1. The SMILES string of the molecule is c1ccc2c(c1)-c1ccccc1[C@@H]1[C@H](c3ccc4ccccc4c3)[C@@H](c3ccc4ccccc4c3)[C@@H]21. The van der Waals surface area contributed by atoms with Gasteiger partial charge in [0.15, 0.2) is 0 Å². The van der Waals surface area contributed by atoms with E-state index in [9.17, 15) is 0 Å². The van der Waals surface area contributed by atoms with Gasteiger partial charge in [-0.25, -0.2) is 0 Å². The highest BCUT2D eigenvalue weighted by Crippen LogP contribution is 2.70.